The molecular weight excluding hydrogens is 364 g/mol. The summed E-state index contributed by atoms with van der Waals surface area (Å²) in [7, 11) is 0. The van der Waals surface area contributed by atoms with Gasteiger partial charge in [-0.3, -0.25) is 19.1 Å². The van der Waals surface area contributed by atoms with Gasteiger partial charge in [0.1, 0.15) is 5.82 Å². The summed E-state index contributed by atoms with van der Waals surface area (Å²) in [5, 5.41) is 0.684. The second-order valence-corrected chi connectivity index (χ2v) is 8.38. The molecule has 1 aliphatic heterocycles. The zero-order chi connectivity index (χ0) is 21.0. The Morgan fingerprint density at radius 1 is 1.10 bits per heavy atom. The molecule has 158 valence electrons. The van der Waals surface area contributed by atoms with Crippen LogP contribution in [0.15, 0.2) is 29.1 Å². The van der Waals surface area contributed by atoms with Gasteiger partial charge in [0.2, 0.25) is 5.91 Å². The van der Waals surface area contributed by atoms with Crippen LogP contribution in [0.4, 0.5) is 0 Å². The highest BCUT2D eigenvalue weighted by molar-refractivity contribution is 5.77. The van der Waals surface area contributed by atoms with Crippen LogP contribution in [-0.4, -0.2) is 51.4 Å². The lowest BCUT2D eigenvalue weighted by Gasteiger charge is -2.39. The van der Waals surface area contributed by atoms with Crippen molar-refractivity contribution in [1.82, 2.24) is 19.4 Å². The molecule has 0 N–H and O–H groups in total. The van der Waals surface area contributed by atoms with Gasteiger partial charge >= 0.3 is 0 Å². The van der Waals surface area contributed by atoms with E-state index in [-0.39, 0.29) is 17.5 Å². The van der Waals surface area contributed by atoms with Crippen LogP contribution in [0.2, 0.25) is 0 Å². The summed E-state index contributed by atoms with van der Waals surface area (Å²) in [4.78, 5) is 34.9. The molecule has 0 saturated carbocycles. The van der Waals surface area contributed by atoms with Gasteiger partial charge < -0.3 is 4.90 Å². The summed E-state index contributed by atoms with van der Waals surface area (Å²) in [6, 6.07) is 7.70. The minimum absolute atomic E-state index is 0.0525. The van der Waals surface area contributed by atoms with Crippen LogP contribution >= 0.6 is 0 Å². The van der Waals surface area contributed by atoms with E-state index >= 15 is 0 Å². The molecule has 1 atom stereocenters. The lowest BCUT2D eigenvalue weighted by atomic mass is 10.1. The minimum atomic E-state index is 0.0525. The number of fused-ring (bicyclic) bond motifs is 1. The Hall–Kier alpha value is -2.21. The van der Waals surface area contributed by atoms with Gasteiger partial charge in [-0.1, -0.05) is 39.8 Å². The average Bonchev–Trinajstić information content (AvgIpc) is 2.71. The fourth-order valence-corrected chi connectivity index (χ4v) is 4.24. The predicted octanol–water partition coefficient (Wildman–Crippen LogP) is 3.45. The van der Waals surface area contributed by atoms with E-state index in [1.807, 2.05) is 33.7 Å². The Bertz CT molecular complexity index is 897. The van der Waals surface area contributed by atoms with Crippen molar-refractivity contribution >= 4 is 16.8 Å². The highest BCUT2D eigenvalue weighted by Crippen LogP contribution is 2.25. The van der Waals surface area contributed by atoms with Gasteiger partial charge in [-0.2, -0.15) is 0 Å². The lowest BCUT2D eigenvalue weighted by molar-refractivity contribution is -0.134. The Morgan fingerprint density at radius 2 is 1.79 bits per heavy atom. The predicted molar refractivity (Wildman–Crippen MR) is 117 cm³/mol. The third kappa shape index (κ3) is 4.69. The molecule has 0 spiro atoms. The number of hydrogen-bond donors (Lipinski definition) is 0. The van der Waals surface area contributed by atoms with Crippen LogP contribution in [0.1, 0.15) is 58.8 Å². The first kappa shape index (κ1) is 21.5. The van der Waals surface area contributed by atoms with Gasteiger partial charge in [0.25, 0.3) is 5.56 Å². The van der Waals surface area contributed by atoms with Crippen molar-refractivity contribution in [1.29, 1.82) is 0 Å². The van der Waals surface area contributed by atoms with E-state index < -0.39 is 0 Å². The average molecular weight is 399 g/mol. The zero-order valence-electron chi connectivity index (χ0n) is 18.2. The van der Waals surface area contributed by atoms with Crippen molar-refractivity contribution in [3.63, 3.8) is 0 Å². The quantitative estimate of drug-likeness (QED) is 0.717. The Balaban J connectivity index is 1.87. The van der Waals surface area contributed by atoms with Crippen molar-refractivity contribution in [3.8, 4) is 0 Å². The summed E-state index contributed by atoms with van der Waals surface area (Å²) in [6.45, 7) is 12.2. The molecule has 1 fully saturated rings. The molecule has 0 radical (unpaired) electrons. The third-order valence-electron chi connectivity index (χ3n) is 5.71. The first-order chi connectivity index (χ1) is 14.0. The summed E-state index contributed by atoms with van der Waals surface area (Å²) in [6.07, 6.45) is 2.38. The topological polar surface area (TPSA) is 58.4 Å². The highest BCUT2D eigenvalue weighted by atomic mass is 16.2. The number of para-hydroxylation sites is 1. The Labute approximate surface area is 173 Å². The summed E-state index contributed by atoms with van der Waals surface area (Å²) in [5.41, 5.74) is 0.820. The first-order valence-electron chi connectivity index (χ1n) is 11.0. The summed E-state index contributed by atoms with van der Waals surface area (Å²) in [5.74, 6) is 1.49. The number of piperazine rings is 1. The van der Waals surface area contributed by atoms with Crippen LogP contribution in [0.3, 0.4) is 0 Å². The number of benzene rings is 1. The van der Waals surface area contributed by atoms with Gasteiger partial charge in [-0.25, -0.2) is 4.98 Å². The van der Waals surface area contributed by atoms with Crippen molar-refractivity contribution in [2.24, 2.45) is 5.92 Å². The van der Waals surface area contributed by atoms with Crippen LogP contribution in [0.5, 0.6) is 0 Å². The minimum Gasteiger partial charge on any atom is -0.340 e. The largest absolute Gasteiger partial charge is 0.340 e. The monoisotopic (exact) mass is 398 g/mol. The van der Waals surface area contributed by atoms with E-state index in [1.165, 1.54) is 0 Å². The van der Waals surface area contributed by atoms with Gasteiger partial charge in [0, 0.05) is 39.1 Å². The fourth-order valence-electron chi connectivity index (χ4n) is 4.24. The normalized spacial score (nSPS) is 16.5. The molecule has 29 heavy (non-hydrogen) atoms. The molecule has 6 nitrogen and oxygen atoms in total. The number of rotatable bonds is 7. The third-order valence-corrected chi connectivity index (χ3v) is 5.71. The number of hydrogen-bond acceptors (Lipinski definition) is 4. The van der Waals surface area contributed by atoms with Crippen LogP contribution in [0.25, 0.3) is 10.9 Å². The molecule has 1 aliphatic rings. The van der Waals surface area contributed by atoms with E-state index in [1.54, 1.807) is 0 Å². The summed E-state index contributed by atoms with van der Waals surface area (Å²) < 4.78 is 1.87. The molecule has 2 heterocycles. The molecule has 0 bridgehead atoms. The molecule has 2 aromatic rings. The maximum atomic E-state index is 13.1. The molecule has 6 heteroatoms. The van der Waals surface area contributed by atoms with Gasteiger partial charge in [-0.05, 0) is 30.9 Å². The maximum absolute atomic E-state index is 13.1. The number of amides is 1. The standard InChI is InChI=1S/C23H34N4O2/c1-5-11-27-22(24-19-10-8-7-9-18(19)23(27)29)20(6-2)25-12-14-26(15-13-25)21(28)16-17(3)4/h7-10,17,20H,5-6,11-16H2,1-4H3. The SMILES string of the molecule is CCCn1c(C(CC)N2CCN(C(=O)CC(C)C)CC2)nc2ccccc2c1=O. The van der Waals surface area contributed by atoms with E-state index in [0.717, 1.165) is 50.4 Å². The van der Waals surface area contributed by atoms with Gasteiger partial charge in [0.05, 0.1) is 16.9 Å². The zero-order valence-corrected chi connectivity index (χ0v) is 18.2. The van der Waals surface area contributed by atoms with Crippen LogP contribution < -0.4 is 5.56 Å². The van der Waals surface area contributed by atoms with Crippen molar-refractivity contribution in [2.45, 2.75) is 59.5 Å². The number of carbonyl (C=O) groups excluding carboxylic acids is 1. The Morgan fingerprint density at radius 3 is 2.41 bits per heavy atom. The van der Waals surface area contributed by atoms with E-state index in [9.17, 15) is 9.59 Å². The molecule has 0 aliphatic carbocycles. The molecule has 1 unspecified atom stereocenters. The second kappa shape index (κ2) is 9.53. The highest BCUT2D eigenvalue weighted by Gasteiger charge is 2.29. The van der Waals surface area contributed by atoms with Crippen molar-refractivity contribution < 1.29 is 4.79 Å². The number of aromatic nitrogens is 2. The molecule has 3 rings (SSSR count). The smallest absolute Gasteiger partial charge is 0.261 e. The molecule has 1 aromatic heterocycles. The van der Waals surface area contributed by atoms with Gasteiger partial charge in [0.15, 0.2) is 0 Å². The van der Waals surface area contributed by atoms with Crippen LogP contribution in [0, 0.1) is 5.92 Å². The lowest BCUT2D eigenvalue weighted by Crippen LogP contribution is -2.50. The maximum Gasteiger partial charge on any atom is 0.261 e. The molecule has 1 amide bonds. The second-order valence-electron chi connectivity index (χ2n) is 8.38. The number of carbonyl (C=O) groups is 1. The van der Waals surface area contributed by atoms with E-state index in [0.29, 0.717) is 24.3 Å². The first-order valence-corrected chi connectivity index (χ1v) is 11.0. The van der Waals surface area contributed by atoms with E-state index in [4.69, 9.17) is 4.98 Å². The van der Waals surface area contributed by atoms with Crippen molar-refractivity contribution in [3.05, 3.63) is 40.4 Å². The van der Waals surface area contributed by atoms with E-state index in [2.05, 4.69) is 32.6 Å². The molecule has 1 saturated heterocycles. The Kier molecular flexibility index (Phi) is 7.06. The molecule has 1 aromatic carbocycles. The van der Waals surface area contributed by atoms with Crippen molar-refractivity contribution in [2.75, 3.05) is 26.2 Å². The summed E-state index contributed by atoms with van der Waals surface area (Å²) >= 11 is 0. The number of nitrogens with zero attached hydrogens (tertiary/aromatic N) is 4. The van der Waals surface area contributed by atoms with Crippen LogP contribution in [-0.2, 0) is 11.3 Å². The molecular formula is C23H34N4O2. The fraction of sp³-hybridized carbons (Fsp3) is 0.609. The van der Waals surface area contributed by atoms with Gasteiger partial charge in [-0.15, -0.1) is 0 Å².